The number of piperidine rings is 1. The first-order valence-electron chi connectivity index (χ1n) is 12.1. The SMILES string of the molecule is O=S(=O)(CC1CC1)NC1CCCN2CCOc3ccccc3C3CCC(CC3)OC[C@@H]12. The molecule has 1 aromatic rings. The second-order valence-electron chi connectivity index (χ2n) is 9.89. The van der Waals surface area contributed by atoms with Gasteiger partial charge < -0.3 is 9.47 Å². The maximum Gasteiger partial charge on any atom is 0.212 e. The highest BCUT2D eigenvalue weighted by molar-refractivity contribution is 7.89. The Morgan fingerprint density at radius 2 is 1.81 bits per heavy atom. The molecule has 0 aromatic heterocycles. The van der Waals surface area contributed by atoms with Gasteiger partial charge >= 0.3 is 0 Å². The Kier molecular flexibility index (Phi) is 6.56. The molecule has 172 valence electrons. The summed E-state index contributed by atoms with van der Waals surface area (Å²) in [5, 5.41) is 0. The molecule has 2 bridgehead atoms. The molecule has 31 heavy (non-hydrogen) atoms. The van der Waals surface area contributed by atoms with Crippen LogP contribution in [-0.4, -0.2) is 63.6 Å². The molecule has 5 aliphatic rings. The summed E-state index contributed by atoms with van der Waals surface area (Å²) >= 11 is 0. The number of hydrogen-bond donors (Lipinski definition) is 1. The van der Waals surface area contributed by atoms with E-state index in [1.807, 2.05) is 0 Å². The van der Waals surface area contributed by atoms with Gasteiger partial charge in [0.1, 0.15) is 12.4 Å². The van der Waals surface area contributed by atoms with E-state index in [1.54, 1.807) is 0 Å². The average molecular weight is 449 g/mol. The monoisotopic (exact) mass is 448 g/mol. The summed E-state index contributed by atoms with van der Waals surface area (Å²) in [5.41, 5.74) is 1.33. The smallest absolute Gasteiger partial charge is 0.212 e. The minimum atomic E-state index is -3.24. The van der Waals surface area contributed by atoms with Crippen molar-refractivity contribution >= 4 is 10.0 Å². The van der Waals surface area contributed by atoms with E-state index in [0.29, 0.717) is 25.0 Å². The highest BCUT2D eigenvalue weighted by Crippen LogP contribution is 2.39. The van der Waals surface area contributed by atoms with Crippen LogP contribution in [0.15, 0.2) is 24.3 Å². The number of hydrogen-bond acceptors (Lipinski definition) is 5. The number of rotatable bonds is 4. The van der Waals surface area contributed by atoms with E-state index in [0.717, 1.165) is 70.2 Å². The van der Waals surface area contributed by atoms with Crippen molar-refractivity contribution in [2.24, 2.45) is 5.92 Å². The van der Waals surface area contributed by atoms with E-state index in [-0.39, 0.29) is 23.9 Å². The van der Waals surface area contributed by atoms with E-state index in [2.05, 4.69) is 33.9 Å². The van der Waals surface area contributed by atoms with Crippen molar-refractivity contribution in [3.63, 3.8) is 0 Å². The van der Waals surface area contributed by atoms with E-state index in [1.165, 1.54) is 5.56 Å². The Labute approximate surface area is 186 Å². The molecule has 1 aromatic carbocycles. The molecule has 3 heterocycles. The molecule has 2 atom stereocenters. The lowest BCUT2D eigenvalue weighted by atomic mass is 9.82. The lowest BCUT2D eigenvalue weighted by Crippen LogP contribution is -2.58. The predicted octanol–water partition coefficient (Wildman–Crippen LogP) is 3.28. The van der Waals surface area contributed by atoms with Crippen LogP contribution in [0.3, 0.4) is 0 Å². The molecule has 6 nitrogen and oxygen atoms in total. The standard InChI is InChI=1S/C24H36N2O4S/c27-31(28,17-18-7-8-18)25-22-5-3-13-26-14-15-29-24-6-2-1-4-21(24)19-9-11-20(12-10-19)30-16-23(22)26/h1-2,4,6,18-20,22-23,25H,3,5,7-17H2/t19?,20?,22?,23-/m0/s1. The third-order valence-corrected chi connectivity index (χ3v) is 9.12. The van der Waals surface area contributed by atoms with Gasteiger partial charge in [-0.2, -0.15) is 0 Å². The van der Waals surface area contributed by atoms with Gasteiger partial charge in [-0.05, 0) is 81.4 Å². The number of nitrogens with one attached hydrogen (secondary N) is 1. The van der Waals surface area contributed by atoms with Gasteiger partial charge in [-0.1, -0.05) is 18.2 Å². The van der Waals surface area contributed by atoms with Gasteiger partial charge in [-0.25, -0.2) is 13.1 Å². The quantitative estimate of drug-likeness (QED) is 0.766. The van der Waals surface area contributed by atoms with Crippen molar-refractivity contribution in [2.45, 2.75) is 75.5 Å². The van der Waals surface area contributed by atoms with Crippen molar-refractivity contribution in [2.75, 3.05) is 32.1 Å². The molecule has 0 amide bonds. The zero-order valence-corrected chi connectivity index (χ0v) is 19.2. The number of para-hydroxylation sites is 1. The molecule has 6 rings (SSSR count). The maximum absolute atomic E-state index is 12.7. The van der Waals surface area contributed by atoms with Crippen molar-refractivity contribution < 1.29 is 17.9 Å². The Balaban J connectivity index is 1.33. The van der Waals surface area contributed by atoms with Gasteiger partial charge in [-0.15, -0.1) is 0 Å². The first-order valence-corrected chi connectivity index (χ1v) is 13.8. The number of benzene rings is 1. The number of ether oxygens (including phenoxy) is 2. The Bertz CT molecular complexity index is 849. The van der Waals surface area contributed by atoms with E-state index in [4.69, 9.17) is 9.47 Å². The fraction of sp³-hybridized carbons (Fsp3) is 0.750. The van der Waals surface area contributed by atoms with Crippen LogP contribution in [-0.2, 0) is 14.8 Å². The normalized spacial score (nSPS) is 32.6. The summed E-state index contributed by atoms with van der Waals surface area (Å²) in [4.78, 5) is 2.39. The Morgan fingerprint density at radius 1 is 1.00 bits per heavy atom. The van der Waals surface area contributed by atoms with Crippen LogP contribution in [0.1, 0.15) is 62.8 Å². The van der Waals surface area contributed by atoms with Crippen LogP contribution in [0.25, 0.3) is 0 Å². The molecule has 3 fully saturated rings. The summed E-state index contributed by atoms with van der Waals surface area (Å²) < 4.78 is 41.2. The van der Waals surface area contributed by atoms with Crippen LogP contribution < -0.4 is 9.46 Å². The van der Waals surface area contributed by atoms with Crippen molar-refractivity contribution in [1.82, 2.24) is 9.62 Å². The molecule has 7 heteroatoms. The Hall–Kier alpha value is -1.15. The first-order chi connectivity index (χ1) is 15.1. The zero-order chi connectivity index (χ0) is 21.3. The fourth-order valence-electron chi connectivity index (χ4n) is 5.63. The summed E-state index contributed by atoms with van der Waals surface area (Å²) in [6.07, 6.45) is 8.61. The fourth-order valence-corrected chi connectivity index (χ4v) is 7.42. The van der Waals surface area contributed by atoms with E-state index < -0.39 is 10.0 Å². The minimum absolute atomic E-state index is 0.0695. The van der Waals surface area contributed by atoms with Gasteiger partial charge in [0.25, 0.3) is 0 Å². The third-order valence-electron chi connectivity index (χ3n) is 7.55. The first kappa shape index (κ1) is 21.7. The second kappa shape index (κ2) is 9.38. The zero-order valence-electron chi connectivity index (χ0n) is 18.4. The molecular weight excluding hydrogens is 412 g/mol. The number of nitrogens with zero attached hydrogens (tertiary/aromatic N) is 1. The molecule has 1 N–H and O–H groups in total. The summed E-state index contributed by atoms with van der Waals surface area (Å²) in [6, 6.07) is 8.48. The molecule has 2 aliphatic carbocycles. The molecule has 1 unspecified atom stereocenters. The van der Waals surface area contributed by atoms with Crippen molar-refractivity contribution in [3.05, 3.63) is 29.8 Å². The molecule has 0 radical (unpaired) electrons. The van der Waals surface area contributed by atoms with Crippen LogP contribution in [0.5, 0.6) is 5.75 Å². The number of sulfonamides is 1. The second-order valence-corrected chi connectivity index (χ2v) is 11.7. The lowest BCUT2D eigenvalue weighted by Gasteiger charge is -2.42. The molecular formula is C24H36N2O4S. The highest BCUT2D eigenvalue weighted by atomic mass is 32.2. The highest BCUT2D eigenvalue weighted by Gasteiger charge is 2.37. The van der Waals surface area contributed by atoms with E-state index >= 15 is 0 Å². The third kappa shape index (κ3) is 5.44. The molecule has 2 saturated carbocycles. The molecule has 0 spiro atoms. The van der Waals surface area contributed by atoms with Gasteiger partial charge in [-0.3, -0.25) is 4.90 Å². The van der Waals surface area contributed by atoms with Gasteiger partial charge in [0, 0.05) is 18.6 Å². The van der Waals surface area contributed by atoms with Gasteiger partial charge in [0.15, 0.2) is 0 Å². The van der Waals surface area contributed by atoms with Crippen molar-refractivity contribution in [3.8, 4) is 5.75 Å². The Morgan fingerprint density at radius 3 is 2.61 bits per heavy atom. The van der Waals surface area contributed by atoms with Gasteiger partial charge in [0.2, 0.25) is 10.0 Å². The summed E-state index contributed by atoms with van der Waals surface area (Å²) in [5.74, 6) is 2.20. The molecule has 1 saturated heterocycles. The van der Waals surface area contributed by atoms with Crippen LogP contribution >= 0.6 is 0 Å². The van der Waals surface area contributed by atoms with Crippen molar-refractivity contribution in [1.29, 1.82) is 0 Å². The topological polar surface area (TPSA) is 67.9 Å². The van der Waals surface area contributed by atoms with E-state index in [9.17, 15) is 8.42 Å². The summed E-state index contributed by atoms with van der Waals surface area (Å²) in [6.45, 7) is 2.97. The number of fused-ring (bicyclic) bond motifs is 5. The molecule has 3 aliphatic heterocycles. The van der Waals surface area contributed by atoms with Crippen LogP contribution in [0, 0.1) is 5.92 Å². The van der Waals surface area contributed by atoms with Crippen LogP contribution in [0.4, 0.5) is 0 Å². The minimum Gasteiger partial charge on any atom is -0.492 e. The maximum atomic E-state index is 12.7. The van der Waals surface area contributed by atoms with Gasteiger partial charge in [0.05, 0.1) is 18.5 Å². The average Bonchev–Trinajstić information content (AvgIpc) is 3.56. The summed E-state index contributed by atoms with van der Waals surface area (Å²) in [7, 11) is -3.24. The van der Waals surface area contributed by atoms with Crippen LogP contribution in [0.2, 0.25) is 0 Å². The largest absolute Gasteiger partial charge is 0.492 e. The predicted molar refractivity (Wildman–Crippen MR) is 121 cm³/mol. The lowest BCUT2D eigenvalue weighted by molar-refractivity contribution is -0.0284.